The van der Waals surface area contributed by atoms with Gasteiger partial charge < -0.3 is 19.9 Å². The second kappa shape index (κ2) is 7.42. The monoisotopic (exact) mass is 373 g/mol. The van der Waals surface area contributed by atoms with E-state index >= 15 is 0 Å². The molecule has 144 valence electrons. The molecule has 0 aromatic carbocycles. The average molecular weight is 373 g/mol. The second-order valence-corrected chi connectivity index (χ2v) is 7.11. The molecule has 4 amide bonds. The first-order valence-corrected chi connectivity index (χ1v) is 9.36. The maximum atomic E-state index is 12.4. The molecule has 0 saturated carbocycles. The number of carbonyl (C=O) groups excluding carboxylic acids is 3. The highest BCUT2D eigenvalue weighted by molar-refractivity contribution is 6.05. The molecule has 3 fully saturated rings. The van der Waals surface area contributed by atoms with Crippen molar-refractivity contribution in [3.8, 4) is 5.75 Å². The summed E-state index contributed by atoms with van der Waals surface area (Å²) in [5, 5.41) is 4.60. The van der Waals surface area contributed by atoms with Crippen LogP contribution in [0.15, 0.2) is 18.3 Å². The standard InChI is InChI=1S/C18H23N5O4/c24-15(10-13-17(25)21-18(26)20-13)23-9-5-12(11-23)27-14-4-3-6-19-16(14)22-7-1-2-8-22/h3-4,6,12-13H,1-2,5,7-11H2,(H2,20,21,25,26)/t12-,13-/m0/s1. The molecule has 0 spiro atoms. The van der Waals surface area contributed by atoms with Crippen molar-refractivity contribution < 1.29 is 19.1 Å². The van der Waals surface area contributed by atoms with Gasteiger partial charge in [-0.3, -0.25) is 14.9 Å². The van der Waals surface area contributed by atoms with E-state index in [1.54, 1.807) is 11.1 Å². The summed E-state index contributed by atoms with van der Waals surface area (Å²) in [4.78, 5) is 43.6. The SMILES string of the molecule is O=C1NC(=O)[C@H](CC(=O)N2CC[C@H](Oc3cccnc3N3CCCC3)C2)N1. The van der Waals surface area contributed by atoms with Gasteiger partial charge >= 0.3 is 6.03 Å². The number of anilines is 1. The van der Waals surface area contributed by atoms with Gasteiger partial charge in [-0.15, -0.1) is 0 Å². The maximum absolute atomic E-state index is 12.4. The first-order chi connectivity index (χ1) is 13.1. The Morgan fingerprint density at radius 1 is 1.26 bits per heavy atom. The molecule has 0 aliphatic carbocycles. The van der Waals surface area contributed by atoms with E-state index in [1.807, 2.05) is 12.1 Å². The minimum Gasteiger partial charge on any atom is -0.485 e. The number of nitrogens with one attached hydrogen (secondary N) is 2. The molecule has 4 heterocycles. The van der Waals surface area contributed by atoms with Crippen LogP contribution in [0.25, 0.3) is 0 Å². The van der Waals surface area contributed by atoms with E-state index in [9.17, 15) is 14.4 Å². The fourth-order valence-electron chi connectivity index (χ4n) is 3.78. The number of pyridine rings is 1. The predicted molar refractivity (Wildman–Crippen MR) is 96.4 cm³/mol. The first kappa shape index (κ1) is 17.6. The van der Waals surface area contributed by atoms with Crippen molar-refractivity contribution in [1.29, 1.82) is 0 Å². The molecule has 4 rings (SSSR count). The molecule has 3 aliphatic rings. The Hall–Kier alpha value is -2.84. The summed E-state index contributed by atoms with van der Waals surface area (Å²) in [6, 6.07) is 2.44. The Labute approximate surface area is 157 Å². The molecule has 0 bridgehead atoms. The number of ether oxygens (including phenoxy) is 1. The van der Waals surface area contributed by atoms with Crippen molar-refractivity contribution in [2.45, 2.75) is 37.8 Å². The van der Waals surface area contributed by atoms with Crippen molar-refractivity contribution in [2.24, 2.45) is 0 Å². The third kappa shape index (κ3) is 3.81. The third-order valence-electron chi connectivity index (χ3n) is 5.19. The lowest BCUT2D eigenvalue weighted by Crippen LogP contribution is -2.38. The quantitative estimate of drug-likeness (QED) is 0.718. The summed E-state index contributed by atoms with van der Waals surface area (Å²) in [7, 11) is 0. The van der Waals surface area contributed by atoms with Gasteiger partial charge in [0, 0.05) is 32.3 Å². The van der Waals surface area contributed by atoms with Crippen LogP contribution in [0.5, 0.6) is 5.75 Å². The highest BCUT2D eigenvalue weighted by Crippen LogP contribution is 2.30. The molecule has 1 aromatic rings. The van der Waals surface area contributed by atoms with Gasteiger partial charge in [-0.2, -0.15) is 0 Å². The van der Waals surface area contributed by atoms with Crippen molar-refractivity contribution in [3.05, 3.63) is 18.3 Å². The third-order valence-corrected chi connectivity index (χ3v) is 5.19. The number of hydrogen-bond donors (Lipinski definition) is 2. The number of urea groups is 1. The lowest BCUT2D eigenvalue weighted by atomic mass is 10.2. The van der Waals surface area contributed by atoms with E-state index in [2.05, 4.69) is 20.5 Å². The summed E-state index contributed by atoms with van der Waals surface area (Å²) in [5.74, 6) is 1.01. The molecule has 0 unspecified atom stereocenters. The molecule has 27 heavy (non-hydrogen) atoms. The number of likely N-dealkylation sites (tertiary alicyclic amines) is 1. The highest BCUT2D eigenvalue weighted by atomic mass is 16.5. The van der Waals surface area contributed by atoms with Gasteiger partial charge in [0.2, 0.25) is 5.91 Å². The summed E-state index contributed by atoms with van der Waals surface area (Å²) in [5.41, 5.74) is 0. The Kier molecular flexibility index (Phi) is 4.83. The predicted octanol–water partition coefficient (Wildman–Crippen LogP) is 0.260. The van der Waals surface area contributed by atoms with Crippen LogP contribution in [0.3, 0.4) is 0 Å². The zero-order chi connectivity index (χ0) is 18.8. The van der Waals surface area contributed by atoms with Crippen molar-refractivity contribution >= 4 is 23.7 Å². The lowest BCUT2D eigenvalue weighted by molar-refractivity contribution is -0.133. The van der Waals surface area contributed by atoms with Gasteiger partial charge in [-0.25, -0.2) is 9.78 Å². The molecule has 3 aliphatic heterocycles. The Balaban J connectivity index is 1.34. The molecule has 9 nitrogen and oxygen atoms in total. The minimum absolute atomic E-state index is 0.0315. The summed E-state index contributed by atoms with van der Waals surface area (Å²) >= 11 is 0. The van der Waals surface area contributed by atoms with E-state index in [-0.39, 0.29) is 18.4 Å². The second-order valence-electron chi connectivity index (χ2n) is 7.11. The van der Waals surface area contributed by atoms with Crippen molar-refractivity contribution in [3.63, 3.8) is 0 Å². The average Bonchev–Trinajstić information content (AvgIpc) is 3.38. The molecule has 1 aromatic heterocycles. The molecule has 9 heteroatoms. The van der Waals surface area contributed by atoms with Crippen LogP contribution in [0.2, 0.25) is 0 Å². The van der Waals surface area contributed by atoms with Gasteiger partial charge in [0.05, 0.1) is 13.0 Å². The number of hydrogen-bond acceptors (Lipinski definition) is 6. The van der Waals surface area contributed by atoms with Gasteiger partial charge in [0.25, 0.3) is 5.91 Å². The molecule has 2 N–H and O–H groups in total. The van der Waals surface area contributed by atoms with Crippen LogP contribution >= 0.6 is 0 Å². The molecule has 3 saturated heterocycles. The van der Waals surface area contributed by atoms with Crippen LogP contribution < -0.4 is 20.3 Å². The zero-order valence-electron chi connectivity index (χ0n) is 15.0. The van der Waals surface area contributed by atoms with E-state index in [1.165, 1.54) is 0 Å². The van der Waals surface area contributed by atoms with Crippen LogP contribution in [0.4, 0.5) is 10.6 Å². The number of aromatic nitrogens is 1. The fourth-order valence-corrected chi connectivity index (χ4v) is 3.78. The zero-order valence-corrected chi connectivity index (χ0v) is 15.0. The summed E-state index contributed by atoms with van der Waals surface area (Å²) in [6.07, 6.45) is 4.68. The van der Waals surface area contributed by atoms with Gasteiger partial charge in [0.15, 0.2) is 11.6 Å². The topological polar surface area (TPSA) is 104 Å². The van der Waals surface area contributed by atoms with E-state index < -0.39 is 18.0 Å². The Morgan fingerprint density at radius 3 is 2.81 bits per heavy atom. The van der Waals surface area contributed by atoms with Gasteiger partial charge in [0.1, 0.15) is 12.1 Å². The minimum atomic E-state index is -0.787. The number of amides is 4. The van der Waals surface area contributed by atoms with Crippen LogP contribution in [0.1, 0.15) is 25.7 Å². The normalized spacial score (nSPS) is 24.9. The molecular formula is C18H23N5O4. The largest absolute Gasteiger partial charge is 0.485 e. The maximum Gasteiger partial charge on any atom is 0.322 e. The van der Waals surface area contributed by atoms with E-state index in [4.69, 9.17) is 4.74 Å². The van der Waals surface area contributed by atoms with E-state index in [0.29, 0.717) is 13.1 Å². The Morgan fingerprint density at radius 2 is 2.07 bits per heavy atom. The number of rotatable bonds is 5. The Bertz CT molecular complexity index is 749. The van der Waals surface area contributed by atoms with Gasteiger partial charge in [-0.1, -0.05) is 0 Å². The fraction of sp³-hybridized carbons (Fsp3) is 0.556. The summed E-state index contributed by atoms with van der Waals surface area (Å²) in [6.45, 7) is 3.01. The van der Waals surface area contributed by atoms with Crippen molar-refractivity contribution in [1.82, 2.24) is 20.5 Å². The van der Waals surface area contributed by atoms with Crippen molar-refractivity contribution in [2.75, 3.05) is 31.1 Å². The summed E-state index contributed by atoms with van der Waals surface area (Å²) < 4.78 is 6.16. The molecule has 2 atom stereocenters. The van der Waals surface area contributed by atoms with Crippen LogP contribution in [-0.4, -0.2) is 66.1 Å². The first-order valence-electron chi connectivity index (χ1n) is 9.36. The number of carbonyl (C=O) groups is 3. The van der Waals surface area contributed by atoms with Crippen LogP contribution in [0, 0.1) is 0 Å². The highest BCUT2D eigenvalue weighted by Gasteiger charge is 2.35. The van der Waals surface area contributed by atoms with E-state index in [0.717, 1.165) is 43.9 Å². The lowest BCUT2D eigenvalue weighted by Gasteiger charge is -2.22. The molecule has 0 radical (unpaired) electrons. The molecular weight excluding hydrogens is 350 g/mol. The van der Waals surface area contributed by atoms with Crippen LogP contribution in [-0.2, 0) is 9.59 Å². The smallest absolute Gasteiger partial charge is 0.322 e. The number of nitrogens with zero attached hydrogens (tertiary/aromatic N) is 3. The number of imide groups is 1. The van der Waals surface area contributed by atoms with Gasteiger partial charge in [-0.05, 0) is 25.0 Å².